The van der Waals surface area contributed by atoms with Crippen molar-refractivity contribution in [3.8, 4) is 0 Å². The van der Waals surface area contributed by atoms with Crippen LogP contribution in [0.5, 0.6) is 0 Å². The summed E-state index contributed by atoms with van der Waals surface area (Å²) in [5.41, 5.74) is 5.56. The molecule has 2 fully saturated rings. The van der Waals surface area contributed by atoms with Gasteiger partial charge in [-0.25, -0.2) is 0 Å². The highest BCUT2D eigenvalue weighted by Gasteiger charge is 2.39. The zero-order valence-corrected chi connectivity index (χ0v) is 8.61. The third-order valence-corrected chi connectivity index (χ3v) is 3.43. The summed E-state index contributed by atoms with van der Waals surface area (Å²) in [6.07, 6.45) is 2.14. The highest BCUT2D eigenvalue weighted by Crippen LogP contribution is 2.25. The molecule has 4 heteroatoms. The summed E-state index contributed by atoms with van der Waals surface area (Å²) in [5.74, 6) is 0.712. The lowest BCUT2D eigenvalue weighted by Crippen LogP contribution is -2.64. The molecule has 0 spiro atoms. The average molecular weight is 198 g/mol. The van der Waals surface area contributed by atoms with Gasteiger partial charge in [0.25, 0.3) is 0 Å². The Labute approximate surface area is 84.4 Å². The van der Waals surface area contributed by atoms with E-state index in [4.69, 9.17) is 10.5 Å². The first-order chi connectivity index (χ1) is 6.70. The first kappa shape index (κ1) is 9.93. The molecule has 0 saturated carbocycles. The first-order valence-corrected chi connectivity index (χ1v) is 5.34. The second kappa shape index (κ2) is 3.87. The van der Waals surface area contributed by atoms with Gasteiger partial charge in [-0.1, -0.05) is 0 Å². The zero-order valence-electron chi connectivity index (χ0n) is 8.61. The number of nitrogens with two attached hydrogens (primary N) is 1. The lowest BCUT2D eigenvalue weighted by atomic mass is 9.89. The maximum atomic E-state index is 11.4. The van der Waals surface area contributed by atoms with E-state index in [1.807, 2.05) is 4.90 Å². The average Bonchev–Trinajstić information content (AvgIpc) is 2.25. The Morgan fingerprint density at radius 1 is 1.50 bits per heavy atom. The Hall–Kier alpha value is -0.610. The van der Waals surface area contributed by atoms with Crippen molar-refractivity contribution in [1.29, 1.82) is 0 Å². The minimum absolute atomic E-state index is 0.115. The van der Waals surface area contributed by atoms with Crippen molar-refractivity contribution in [2.75, 3.05) is 19.8 Å². The Kier molecular flexibility index (Phi) is 2.74. The predicted molar refractivity (Wildman–Crippen MR) is 52.7 cm³/mol. The summed E-state index contributed by atoms with van der Waals surface area (Å²) in [4.78, 5) is 13.3. The molecule has 2 saturated heterocycles. The van der Waals surface area contributed by atoms with Gasteiger partial charge in [0.2, 0.25) is 5.91 Å². The zero-order chi connectivity index (χ0) is 10.1. The van der Waals surface area contributed by atoms with Crippen LogP contribution >= 0.6 is 0 Å². The van der Waals surface area contributed by atoms with Gasteiger partial charge in [0, 0.05) is 25.8 Å². The smallest absolute Gasteiger partial charge is 0.241 e. The van der Waals surface area contributed by atoms with Crippen LogP contribution in [0.25, 0.3) is 0 Å². The normalized spacial score (nSPS) is 31.4. The largest absolute Gasteiger partial charge is 0.381 e. The molecular formula is C10H18N2O2. The molecule has 1 amide bonds. The molecule has 0 radical (unpaired) electrons. The van der Waals surface area contributed by atoms with Gasteiger partial charge in [0.05, 0.1) is 0 Å². The van der Waals surface area contributed by atoms with Crippen LogP contribution in [-0.2, 0) is 9.53 Å². The van der Waals surface area contributed by atoms with Gasteiger partial charge in [0.1, 0.15) is 6.04 Å². The number of amides is 1. The molecule has 2 rings (SSSR count). The summed E-state index contributed by atoms with van der Waals surface area (Å²) in [6, 6.07) is 0.100. The van der Waals surface area contributed by atoms with Crippen molar-refractivity contribution < 1.29 is 9.53 Å². The summed E-state index contributed by atoms with van der Waals surface area (Å²) >= 11 is 0. The van der Waals surface area contributed by atoms with Gasteiger partial charge in [-0.3, -0.25) is 4.79 Å². The maximum absolute atomic E-state index is 11.4. The van der Waals surface area contributed by atoms with E-state index in [0.29, 0.717) is 12.0 Å². The van der Waals surface area contributed by atoms with Gasteiger partial charge in [-0.05, 0) is 25.7 Å². The summed E-state index contributed by atoms with van der Waals surface area (Å²) < 4.78 is 5.30. The van der Waals surface area contributed by atoms with Crippen molar-refractivity contribution in [3.63, 3.8) is 0 Å². The third-order valence-electron chi connectivity index (χ3n) is 3.43. The number of ether oxygens (including phenoxy) is 1. The number of carbonyl (C=O) groups excluding carboxylic acids is 1. The molecule has 2 atom stereocenters. The van der Waals surface area contributed by atoms with Gasteiger partial charge in [-0.2, -0.15) is 0 Å². The van der Waals surface area contributed by atoms with Gasteiger partial charge in [0.15, 0.2) is 0 Å². The molecular weight excluding hydrogens is 180 g/mol. The van der Waals surface area contributed by atoms with E-state index in [1.54, 1.807) is 0 Å². The lowest BCUT2D eigenvalue weighted by Gasteiger charge is -2.44. The molecule has 0 aromatic carbocycles. The van der Waals surface area contributed by atoms with Crippen LogP contribution in [0.2, 0.25) is 0 Å². The minimum Gasteiger partial charge on any atom is -0.381 e. The Balaban J connectivity index is 1.88. The van der Waals surface area contributed by atoms with Gasteiger partial charge in [-0.15, -0.1) is 0 Å². The number of likely N-dealkylation sites (tertiary alicyclic amines) is 1. The summed E-state index contributed by atoms with van der Waals surface area (Å²) in [6.45, 7) is 4.53. The number of hydrogen-bond acceptors (Lipinski definition) is 3. The molecule has 4 nitrogen and oxygen atoms in total. The van der Waals surface area contributed by atoms with Crippen molar-refractivity contribution in [2.45, 2.75) is 31.8 Å². The number of nitrogens with zero attached hydrogens (tertiary/aromatic N) is 1. The SMILES string of the molecule is CC(C1CCOCC1)N1CC(N)C1=O. The van der Waals surface area contributed by atoms with E-state index in [2.05, 4.69) is 6.92 Å². The highest BCUT2D eigenvalue weighted by atomic mass is 16.5. The molecule has 2 unspecified atom stereocenters. The van der Waals surface area contributed by atoms with Crippen molar-refractivity contribution in [3.05, 3.63) is 0 Å². The molecule has 80 valence electrons. The predicted octanol–water partition coefficient (Wildman–Crippen LogP) is -0.0290. The lowest BCUT2D eigenvalue weighted by molar-refractivity contribution is -0.147. The van der Waals surface area contributed by atoms with Crippen LogP contribution in [0.15, 0.2) is 0 Å². The Morgan fingerprint density at radius 2 is 2.14 bits per heavy atom. The number of rotatable bonds is 2. The van der Waals surface area contributed by atoms with Crippen LogP contribution in [0, 0.1) is 5.92 Å². The van der Waals surface area contributed by atoms with Gasteiger partial charge < -0.3 is 15.4 Å². The fraction of sp³-hybridized carbons (Fsp3) is 0.900. The Morgan fingerprint density at radius 3 is 2.64 bits per heavy atom. The standard InChI is InChI=1S/C10H18N2O2/c1-7(8-2-4-14-5-3-8)12-6-9(11)10(12)13/h7-9H,2-6,11H2,1H3. The van der Waals surface area contributed by atoms with Crippen LogP contribution in [-0.4, -0.2) is 42.6 Å². The topological polar surface area (TPSA) is 55.6 Å². The van der Waals surface area contributed by atoms with E-state index in [9.17, 15) is 4.79 Å². The molecule has 0 aromatic heterocycles. The highest BCUT2D eigenvalue weighted by molar-refractivity contribution is 5.87. The van der Waals surface area contributed by atoms with Crippen molar-refractivity contribution >= 4 is 5.91 Å². The van der Waals surface area contributed by atoms with Crippen LogP contribution < -0.4 is 5.73 Å². The molecule has 14 heavy (non-hydrogen) atoms. The number of carbonyl (C=O) groups is 1. The van der Waals surface area contributed by atoms with E-state index < -0.39 is 0 Å². The fourth-order valence-corrected chi connectivity index (χ4v) is 2.30. The molecule has 2 aliphatic rings. The molecule has 0 bridgehead atoms. The van der Waals surface area contributed by atoms with Crippen molar-refractivity contribution in [1.82, 2.24) is 4.90 Å². The second-order valence-electron chi connectivity index (χ2n) is 4.29. The fourth-order valence-electron chi connectivity index (χ4n) is 2.30. The number of hydrogen-bond donors (Lipinski definition) is 1. The molecule has 2 heterocycles. The Bertz CT molecular complexity index is 226. The van der Waals surface area contributed by atoms with Gasteiger partial charge >= 0.3 is 0 Å². The van der Waals surface area contributed by atoms with Crippen LogP contribution in [0.1, 0.15) is 19.8 Å². The summed E-state index contributed by atoms with van der Waals surface area (Å²) in [5, 5.41) is 0. The molecule has 2 aliphatic heterocycles. The van der Waals surface area contributed by atoms with E-state index in [-0.39, 0.29) is 11.9 Å². The van der Waals surface area contributed by atoms with Crippen molar-refractivity contribution in [2.24, 2.45) is 11.7 Å². The minimum atomic E-state index is -0.239. The monoisotopic (exact) mass is 198 g/mol. The molecule has 0 aliphatic carbocycles. The third kappa shape index (κ3) is 1.64. The maximum Gasteiger partial charge on any atom is 0.241 e. The summed E-state index contributed by atoms with van der Waals surface area (Å²) in [7, 11) is 0. The number of β-lactam (4-membered cyclic amide) rings is 1. The van der Waals surface area contributed by atoms with E-state index in [0.717, 1.165) is 32.6 Å². The van der Waals surface area contributed by atoms with E-state index in [1.165, 1.54) is 0 Å². The first-order valence-electron chi connectivity index (χ1n) is 5.34. The van der Waals surface area contributed by atoms with E-state index >= 15 is 0 Å². The second-order valence-corrected chi connectivity index (χ2v) is 4.29. The quantitative estimate of drug-likeness (QED) is 0.634. The molecule has 0 aromatic rings. The van der Waals surface area contributed by atoms with Crippen LogP contribution in [0.3, 0.4) is 0 Å². The van der Waals surface area contributed by atoms with Crippen LogP contribution in [0.4, 0.5) is 0 Å². The molecule has 2 N–H and O–H groups in total.